The second-order valence-corrected chi connectivity index (χ2v) is 6.63. The predicted octanol–water partition coefficient (Wildman–Crippen LogP) is 2.88. The van der Waals surface area contributed by atoms with Crippen LogP contribution in [0.2, 0.25) is 0 Å². The molecule has 1 unspecified atom stereocenters. The number of benzene rings is 2. The molecule has 0 saturated heterocycles. The molecule has 27 heavy (non-hydrogen) atoms. The summed E-state index contributed by atoms with van der Waals surface area (Å²) in [5, 5.41) is 14.5. The van der Waals surface area contributed by atoms with Crippen molar-refractivity contribution in [1.29, 1.82) is 0 Å². The van der Waals surface area contributed by atoms with Crippen LogP contribution in [0.4, 0.5) is 10.1 Å². The van der Waals surface area contributed by atoms with Gasteiger partial charge in [-0.1, -0.05) is 18.2 Å². The van der Waals surface area contributed by atoms with Gasteiger partial charge in [-0.25, -0.2) is 9.18 Å². The van der Waals surface area contributed by atoms with Gasteiger partial charge in [-0.2, -0.15) is 0 Å². The number of hydrogen-bond acceptors (Lipinski definition) is 3. The lowest BCUT2D eigenvalue weighted by atomic mass is 9.98. The van der Waals surface area contributed by atoms with Crippen molar-refractivity contribution < 1.29 is 23.9 Å². The smallest absolute Gasteiger partial charge is 0.330 e. The lowest BCUT2D eigenvalue weighted by Gasteiger charge is -2.20. The Labute approximate surface area is 155 Å². The average Bonchev–Trinajstić information content (AvgIpc) is 2.61. The van der Waals surface area contributed by atoms with Gasteiger partial charge in [0.25, 0.3) is 5.91 Å². The molecule has 0 bridgehead atoms. The van der Waals surface area contributed by atoms with Crippen molar-refractivity contribution in [3.8, 4) is 0 Å². The summed E-state index contributed by atoms with van der Waals surface area (Å²) in [5.41, 5.74) is 3.02. The van der Waals surface area contributed by atoms with Crippen molar-refractivity contribution in [3.63, 3.8) is 0 Å². The Morgan fingerprint density at radius 3 is 2.56 bits per heavy atom. The fourth-order valence-corrected chi connectivity index (χ4v) is 3.02. The number of carbonyl (C=O) groups excluding carboxylic acids is 2. The Morgan fingerprint density at radius 2 is 1.89 bits per heavy atom. The molecule has 0 aromatic heterocycles. The summed E-state index contributed by atoms with van der Waals surface area (Å²) in [6.07, 6.45) is 0.640. The third-order valence-corrected chi connectivity index (χ3v) is 4.72. The van der Waals surface area contributed by atoms with Gasteiger partial charge in [0.1, 0.15) is 5.82 Å². The van der Waals surface area contributed by atoms with Crippen molar-refractivity contribution in [2.24, 2.45) is 0 Å². The van der Waals surface area contributed by atoms with Crippen LogP contribution in [-0.2, 0) is 16.0 Å². The van der Waals surface area contributed by atoms with Crippen molar-refractivity contribution in [3.05, 3.63) is 64.0 Å². The average molecular weight is 370 g/mol. The van der Waals surface area contributed by atoms with Gasteiger partial charge in [0, 0.05) is 12.1 Å². The number of aryl methyl sites for hydroxylation is 3. The van der Waals surface area contributed by atoms with Crippen LogP contribution in [0.15, 0.2) is 30.3 Å². The molecule has 140 valence electrons. The third-order valence-electron chi connectivity index (χ3n) is 4.72. The van der Waals surface area contributed by atoms with Crippen molar-refractivity contribution >= 4 is 23.5 Å². The highest BCUT2D eigenvalue weighted by Gasteiger charge is 2.26. The molecule has 0 spiro atoms. The first-order valence-corrected chi connectivity index (χ1v) is 8.49. The maximum absolute atomic E-state index is 14.4. The molecule has 0 radical (unpaired) electrons. The number of carboxylic acid groups (broad SMARTS) is 1. The Balaban J connectivity index is 1.89. The van der Waals surface area contributed by atoms with Crippen LogP contribution < -0.4 is 10.6 Å². The predicted molar refractivity (Wildman–Crippen MR) is 97.1 cm³/mol. The summed E-state index contributed by atoms with van der Waals surface area (Å²) in [4.78, 5) is 35.6. The molecule has 2 aromatic rings. The normalized spacial score (nSPS) is 14.1. The van der Waals surface area contributed by atoms with Crippen molar-refractivity contribution in [2.75, 3.05) is 5.32 Å². The van der Waals surface area contributed by atoms with E-state index in [9.17, 15) is 23.9 Å². The van der Waals surface area contributed by atoms with E-state index in [1.54, 1.807) is 18.2 Å². The lowest BCUT2D eigenvalue weighted by molar-refractivity contribution is -0.139. The first-order chi connectivity index (χ1) is 12.8. The van der Waals surface area contributed by atoms with Gasteiger partial charge in [-0.15, -0.1) is 0 Å². The zero-order valence-electron chi connectivity index (χ0n) is 14.9. The molecule has 3 rings (SSSR count). The number of amides is 2. The molecule has 1 heterocycles. The molecule has 7 heteroatoms. The molecule has 2 aromatic carbocycles. The van der Waals surface area contributed by atoms with E-state index in [1.165, 1.54) is 6.07 Å². The van der Waals surface area contributed by atoms with Gasteiger partial charge in [-0.05, 0) is 54.7 Å². The number of carboxylic acids is 1. The van der Waals surface area contributed by atoms with Crippen LogP contribution >= 0.6 is 0 Å². The Morgan fingerprint density at radius 1 is 1.15 bits per heavy atom. The molecule has 1 aliphatic heterocycles. The number of halogens is 1. The molecular weight excluding hydrogens is 351 g/mol. The highest BCUT2D eigenvalue weighted by molar-refractivity contribution is 5.99. The largest absolute Gasteiger partial charge is 0.479 e. The Kier molecular flexibility index (Phi) is 4.94. The summed E-state index contributed by atoms with van der Waals surface area (Å²) in [5.74, 6) is -3.09. The minimum Gasteiger partial charge on any atom is -0.479 e. The van der Waals surface area contributed by atoms with Gasteiger partial charge >= 0.3 is 5.97 Å². The van der Waals surface area contributed by atoms with Crippen LogP contribution in [0.1, 0.15) is 45.1 Å². The first-order valence-electron chi connectivity index (χ1n) is 8.49. The maximum atomic E-state index is 14.4. The van der Waals surface area contributed by atoms with E-state index in [1.807, 2.05) is 13.8 Å². The van der Waals surface area contributed by atoms with Gasteiger partial charge in [-0.3, -0.25) is 9.59 Å². The highest BCUT2D eigenvalue weighted by Crippen LogP contribution is 2.26. The third kappa shape index (κ3) is 3.81. The van der Waals surface area contributed by atoms with Gasteiger partial charge < -0.3 is 15.7 Å². The minimum atomic E-state index is -1.30. The molecule has 0 saturated carbocycles. The van der Waals surface area contributed by atoms with Crippen molar-refractivity contribution in [2.45, 2.75) is 32.7 Å². The monoisotopic (exact) mass is 370 g/mol. The number of fused-ring (bicyclic) bond motifs is 1. The van der Waals surface area contributed by atoms with E-state index in [0.717, 1.165) is 17.2 Å². The molecule has 1 atom stereocenters. The summed E-state index contributed by atoms with van der Waals surface area (Å²) >= 11 is 0. The SMILES string of the molecule is Cc1ccc(C(NC(=O)c2cc3c(cc2F)NC(=O)CC3)C(=O)O)cc1C. The van der Waals surface area contributed by atoms with Crippen LogP contribution in [0.25, 0.3) is 0 Å². The summed E-state index contributed by atoms with van der Waals surface area (Å²) in [7, 11) is 0. The van der Waals surface area contributed by atoms with Gasteiger partial charge in [0.15, 0.2) is 6.04 Å². The molecular formula is C20H19FN2O4. The second-order valence-electron chi connectivity index (χ2n) is 6.63. The zero-order valence-corrected chi connectivity index (χ0v) is 14.9. The summed E-state index contributed by atoms with van der Waals surface area (Å²) in [6, 6.07) is 6.24. The first kappa shape index (κ1) is 18.6. The molecule has 2 amide bonds. The topological polar surface area (TPSA) is 95.5 Å². The van der Waals surface area contributed by atoms with E-state index in [2.05, 4.69) is 10.6 Å². The molecule has 0 fully saturated rings. The molecule has 1 aliphatic rings. The Hall–Kier alpha value is -3.22. The quantitative estimate of drug-likeness (QED) is 0.771. The Bertz CT molecular complexity index is 955. The number of aliphatic carboxylic acids is 1. The lowest BCUT2D eigenvalue weighted by Crippen LogP contribution is -2.34. The fraction of sp³-hybridized carbons (Fsp3) is 0.250. The number of rotatable bonds is 4. The van der Waals surface area contributed by atoms with Crippen molar-refractivity contribution in [1.82, 2.24) is 5.32 Å². The van der Waals surface area contributed by atoms with Crippen LogP contribution in [0.5, 0.6) is 0 Å². The van der Waals surface area contributed by atoms with E-state index in [-0.39, 0.29) is 17.9 Å². The minimum absolute atomic E-state index is 0.209. The summed E-state index contributed by atoms with van der Waals surface area (Å²) in [6.45, 7) is 3.74. The van der Waals surface area contributed by atoms with E-state index in [0.29, 0.717) is 23.2 Å². The number of hydrogen-bond donors (Lipinski definition) is 3. The fourth-order valence-electron chi connectivity index (χ4n) is 3.02. The maximum Gasteiger partial charge on any atom is 0.330 e. The molecule has 3 N–H and O–H groups in total. The number of nitrogens with one attached hydrogen (secondary N) is 2. The van der Waals surface area contributed by atoms with E-state index in [4.69, 9.17) is 0 Å². The number of anilines is 1. The van der Waals surface area contributed by atoms with Gasteiger partial charge in [0.2, 0.25) is 5.91 Å². The second kappa shape index (κ2) is 7.19. The van der Waals surface area contributed by atoms with Crippen LogP contribution in [0.3, 0.4) is 0 Å². The van der Waals surface area contributed by atoms with Gasteiger partial charge in [0.05, 0.1) is 5.56 Å². The number of carbonyl (C=O) groups is 3. The van der Waals surface area contributed by atoms with Crippen LogP contribution in [-0.4, -0.2) is 22.9 Å². The van der Waals surface area contributed by atoms with Crippen LogP contribution in [0, 0.1) is 19.7 Å². The van der Waals surface area contributed by atoms with E-state index < -0.39 is 23.7 Å². The summed E-state index contributed by atoms with van der Waals surface area (Å²) < 4.78 is 14.4. The standard InChI is InChI=1S/C20H19FN2O4/c1-10-3-4-13(7-11(10)2)18(20(26)27)23-19(25)14-8-12-5-6-17(24)22-16(12)9-15(14)21/h3-4,7-9,18H,5-6H2,1-2H3,(H,22,24)(H,23,25)(H,26,27). The molecule has 6 nitrogen and oxygen atoms in total. The highest BCUT2D eigenvalue weighted by atomic mass is 19.1. The molecule has 0 aliphatic carbocycles. The van der Waals surface area contributed by atoms with E-state index >= 15 is 0 Å². The zero-order chi connectivity index (χ0) is 19.7.